The van der Waals surface area contributed by atoms with E-state index in [1.807, 2.05) is 18.2 Å². The lowest BCUT2D eigenvalue weighted by molar-refractivity contribution is -0.164. The molecule has 0 aliphatic heterocycles. The Kier molecular flexibility index (Phi) is 6.22. The summed E-state index contributed by atoms with van der Waals surface area (Å²) in [4.78, 5) is 22.8. The highest BCUT2D eigenvalue weighted by Gasteiger charge is 2.23. The minimum atomic E-state index is -1.07. The first-order chi connectivity index (χ1) is 12.0. The van der Waals surface area contributed by atoms with E-state index in [0.29, 0.717) is 11.3 Å². The summed E-state index contributed by atoms with van der Waals surface area (Å²) < 4.78 is 9.56. The van der Waals surface area contributed by atoms with Gasteiger partial charge >= 0.3 is 11.9 Å². The molecule has 0 bridgehead atoms. The van der Waals surface area contributed by atoms with Gasteiger partial charge in [0.25, 0.3) is 0 Å². The minimum absolute atomic E-state index is 0.0793. The molecule has 0 amide bonds. The highest BCUT2D eigenvalue weighted by Crippen LogP contribution is 2.29. The standard InChI is InChI=1S/C18H18N2O5/c1-12(21)25-17(18(23)24-2)11-13-8-9-15(16(22)10-13)20-19-14-6-4-3-5-7-14/h3-10,17,22H,11H2,1-2H3. The molecule has 0 radical (unpaired) electrons. The molecule has 0 aromatic heterocycles. The Balaban J connectivity index is 2.13. The first-order valence-electron chi connectivity index (χ1n) is 7.53. The highest BCUT2D eigenvalue weighted by molar-refractivity contribution is 5.78. The van der Waals surface area contributed by atoms with Crippen molar-refractivity contribution in [1.82, 2.24) is 0 Å². The van der Waals surface area contributed by atoms with Crippen LogP contribution in [0.5, 0.6) is 5.75 Å². The smallest absolute Gasteiger partial charge is 0.347 e. The summed E-state index contributed by atoms with van der Waals surface area (Å²) in [5.41, 5.74) is 1.54. The van der Waals surface area contributed by atoms with Crippen LogP contribution in [0.15, 0.2) is 58.8 Å². The number of hydrogen-bond acceptors (Lipinski definition) is 7. The Labute approximate surface area is 144 Å². The van der Waals surface area contributed by atoms with Gasteiger partial charge in [-0.2, -0.15) is 5.11 Å². The van der Waals surface area contributed by atoms with Crippen LogP contribution in [0.3, 0.4) is 0 Å². The van der Waals surface area contributed by atoms with Crippen molar-refractivity contribution >= 4 is 23.3 Å². The number of rotatable bonds is 6. The lowest BCUT2D eigenvalue weighted by atomic mass is 10.1. The molecule has 1 unspecified atom stereocenters. The molecule has 0 fully saturated rings. The minimum Gasteiger partial charge on any atom is -0.506 e. The van der Waals surface area contributed by atoms with Crippen LogP contribution in [0.4, 0.5) is 11.4 Å². The molecule has 130 valence electrons. The Morgan fingerprint density at radius 2 is 1.84 bits per heavy atom. The fraction of sp³-hybridized carbons (Fsp3) is 0.222. The zero-order chi connectivity index (χ0) is 18.2. The number of aromatic hydroxyl groups is 1. The van der Waals surface area contributed by atoms with Crippen LogP contribution in [0.1, 0.15) is 12.5 Å². The lowest BCUT2D eigenvalue weighted by Crippen LogP contribution is -2.29. The maximum absolute atomic E-state index is 11.7. The van der Waals surface area contributed by atoms with Gasteiger partial charge in [-0.05, 0) is 29.8 Å². The maximum Gasteiger partial charge on any atom is 0.347 e. The van der Waals surface area contributed by atoms with Crippen LogP contribution in [-0.4, -0.2) is 30.3 Å². The number of carbonyl (C=O) groups excluding carboxylic acids is 2. The van der Waals surface area contributed by atoms with Crippen molar-refractivity contribution in [2.75, 3.05) is 7.11 Å². The second-order valence-corrected chi connectivity index (χ2v) is 5.18. The van der Waals surface area contributed by atoms with Crippen LogP contribution in [0, 0.1) is 0 Å². The Morgan fingerprint density at radius 3 is 2.44 bits per heavy atom. The first-order valence-corrected chi connectivity index (χ1v) is 7.53. The third-order valence-electron chi connectivity index (χ3n) is 3.26. The van der Waals surface area contributed by atoms with E-state index in [0.717, 1.165) is 0 Å². The lowest BCUT2D eigenvalue weighted by Gasteiger charge is -2.14. The second-order valence-electron chi connectivity index (χ2n) is 5.18. The number of ether oxygens (including phenoxy) is 2. The third-order valence-corrected chi connectivity index (χ3v) is 3.26. The summed E-state index contributed by atoms with van der Waals surface area (Å²) in [6, 6.07) is 13.8. The van der Waals surface area contributed by atoms with Gasteiger partial charge in [0.1, 0.15) is 11.4 Å². The van der Waals surface area contributed by atoms with Crippen molar-refractivity contribution < 1.29 is 24.2 Å². The summed E-state index contributed by atoms with van der Waals surface area (Å²) in [6.45, 7) is 1.21. The fourth-order valence-corrected chi connectivity index (χ4v) is 2.11. The van der Waals surface area contributed by atoms with E-state index in [1.165, 1.54) is 20.1 Å². The third kappa shape index (κ3) is 5.42. The number of methoxy groups -OCH3 is 1. The Hall–Kier alpha value is -3.22. The molecule has 2 aromatic carbocycles. The topological polar surface area (TPSA) is 97.6 Å². The number of phenols is 1. The largest absolute Gasteiger partial charge is 0.506 e. The number of azo groups is 1. The van der Waals surface area contributed by atoms with Crippen molar-refractivity contribution in [3.63, 3.8) is 0 Å². The normalized spacial score (nSPS) is 11.9. The number of esters is 2. The molecule has 0 aliphatic rings. The molecule has 1 N–H and O–H groups in total. The van der Waals surface area contributed by atoms with Gasteiger partial charge in [0.15, 0.2) is 0 Å². The predicted octanol–water partition coefficient (Wildman–Crippen LogP) is 3.45. The fourth-order valence-electron chi connectivity index (χ4n) is 2.11. The number of phenolic OH excluding ortho intramolecular Hbond substituents is 1. The van der Waals surface area contributed by atoms with Crippen molar-refractivity contribution in [1.29, 1.82) is 0 Å². The molecule has 0 spiro atoms. The van der Waals surface area contributed by atoms with E-state index >= 15 is 0 Å². The molecule has 1 atom stereocenters. The van der Waals surface area contributed by atoms with Crippen LogP contribution in [0.2, 0.25) is 0 Å². The average Bonchev–Trinajstić information content (AvgIpc) is 2.60. The van der Waals surface area contributed by atoms with E-state index in [1.54, 1.807) is 24.3 Å². The molecule has 0 aliphatic carbocycles. The monoisotopic (exact) mass is 342 g/mol. The van der Waals surface area contributed by atoms with Gasteiger partial charge in [-0.15, -0.1) is 5.11 Å². The van der Waals surface area contributed by atoms with Crippen LogP contribution in [-0.2, 0) is 25.5 Å². The summed E-state index contributed by atoms with van der Waals surface area (Å²) >= 11 is 0. The zero-order valence-electron chi connectivity index (χ0n) is 13.9. The van der Waals surface area contributed by atoms with Crippen LogP contribution < -0.4 is 0 Å². The van der Waals surface area contributed by atoms with Crippen LogP contribution in [0.25, 0.3) is 0 Å². The van der Waals surface area contributed by atoms with Crippen molar-refractivity contribution in [2.24, 2.45) is 10.2 Å². The summed E-state index contributed by atoms with van der Waals surface area (Å²) in [6.07, 6.45) is -0.991. The van der Waals surface area contributed by atoms with Gasteiger partial charge in [-0.25, -0.2) is 4.79 Å². The van der Waals surface area contributed by atoms with Gasteiger partial charge in [-0.1, -0.05) is 24.3 Å². The van der Waals surface area contributed by atoms with Crippen molar-refractivity contribution in [3.05, 3.63) is 54.1 Å². The second kappa shape index (κ2) is 8.58. The van der Waals surface area contributed by atoms with Crippen LogP contribution >= 0.6 is 0 Å². The first kappa shape index (κ1) is 18.1. The number of hydrogen-bond donors (Lipinski definition) is 1. The molecular formula is C18H18N2O5. The highest BCUT2D eigenvalue weighted by atomic mass is 16.6. The van der Waals surface area contributed by atoms with E-state index in [-0.39, 0.29) is 17.9 Å². The summed E-state index contributed by atoms with van der Waals surface area (Å²) in [7, 11) is 1.21. The number of carbonyl (C=O) groups is 2. The van der Waals surface area contributed by atoms with Crippen molar-refractivity contribution in [3.8, 4) is 5.75 Å². The molecule has 0 saturated heterocycles. The molecule has 2 aromatic rings. The number of nitrogens with zero attached hydrogens (tertiary/aromatic N) is 2. The Morgan fingerprint density at radius 1 is 1.12 bits per heavy atom. The van der Waals surface area contributed by atoms with E-state index in [4.69, 9.17) is 4.74 Å². The molecular weight excluding hydrogens is 324 g/mol. The van der Waals surface area contributed by atoms with Gasteiger partial charge in [-0.3, -0.25) is 4.79 Å². The molecule has 0 saturated carbocycles. The van der Waals surface area contributed by atoms with E-state index in [9.17, 15) is 14.7 Å². The molecule has 25 heavy (non-hydrogen) atoms. The summed E-state index contributed by atoms with van der Waals surface area (Å²) in [5.74, 6) is -1.35. The SMILES string of the molecule is COC(=O)C(Cc1ccc(N=Nc2ccccc2)c(O)c1)OC(C)=O. The maximum atomic E-state index is 11.7. The molecule has 7 heteroatoms. The molecule has 7 nitrogen and oxygen atoms in total. The van der Waals surface area contributed by atoms with E-state index in [2.05, 4.69) is 15.0 Å². The van der Waals surface area contributed by atoms with Gasteiger partial charge in [0.2, 0.25) is 6.10 Å². The zero-order valence-corrected chi connectivity index (χ0v) is 13.9. The average molecular weight is 342 g/mol. The number of benzene rings is 2. The van der Waals surface area contributed by atoms with E-state index < -0.39 is 18.0 Å². The van der Waals surface area contributed by atoms with Gasteiger partial charge in [0.05, 0.1) is 12.8 Å². The summed E-state index contributed by atoms with van der Waals surface area (Å²) in [5, 5.41) is 18.1. The quantitative estimate of drug-likeness (QED) is 0.640. The Bertz CT molecular complexity index is 774. The van der Waals surface area contributed by atoms with Crippen molar-refractivity contribution in [2.45, 2.75) is 19.4 Å². The van der Waals surface area contributed by atoms with Gasteiger partial charge in [0, 0.05) is 13.3 Å². The van der Waals surface area contributed by atoms with Gasteiger partial charge < -0.3 is 14.6 Å². The predicted molar refractivity (Wildman–Crippen MR) is 90.0 cm³/mol. The molecule has 2 rings (SSSR count). The molecule has 0 heterocycles.